The van der Waals surface area contributed by atoms with E-state index in [1.165, 1.54) is 19.1 Å². The molecule has 10 heteroatoms. The maximum absolute atomic E-state index is 12.6. The number of ether oxygens (including phenoxy) is 1. The molecule has 172 valence electrons. The molecule has 0 fully saturated rings. The first-order chi connectivity index (χ1) is 15.1. The van der Waals surface area contributed by atoms with Gasteiger partial charge in [0, 0.05) is 24.1 Å². The Morgan fingerprint density at radius 3 is 2.50 bits per heavy atom. The van der Waals surface area contributed by atoms with E-state index < -0.39 is 48.1 Å². The number of nitrogens with one attached hydrogen (secondary N) is 3. The van der Waals surface area contributed by atoms with Crippen molar-refractivity contribution in [3.05, 3.63) is 59.7 Å². The molecule has 1 aromatic carbocycles. The van der Waals surface area contributed by atoms with Gasteiger partial charge in [0.15, 0.2) is 0 Å². The summed E-state index contributed by atoms with van der Waals surface area (Å²) in [5.74, 6) is -1.83. The third-order valence-corrected chi connectivity index (χ3v) is 4.88. The first-order valence-electron chi connectivity index (χ1n) is 10.0. The molecule has 0 bridgehead atoms. The van der Waals surface area contributed by atoms with Crippen LogP contribution in [0.25, 0.3) is 0 Å². The number of nitrogens with two attached hydrogens (primary N) is 1. The number of alkyl carbamates (subject to hydrolysis) is 1. The molecular formula is C22H28N4O6. The standard InChI is InChI=1S/C22H28N4O6/c1-4-9-24-22(31)32-17-11-15(21(30)25-13(3)19(23)28)10-16(18(17)27)26-20(29)14-7-5-12(2)6-8-14/h4-8,10,13,16-18,27H,1,9,11H2,2-3H3,(H2,23,28)(H,24,31)(H,25,30)(H,26,29)/t13-,16-,17-,18-/m1/s1. The van der Waals surface area contributed by atoms with Crippen LogP contribution in [0.2, 0.25) is 0 Å². The SMILES string of the molecule is C=CCNC(=O)O[C@@H]1CC(C(=O)N[C@H](C)C(N)=O)=C[C@@H](NC(=O)c2ccc(C)cc2)[C@H]1O. The summed E-state index contributed by atoms with van der Waals surface area (Å²) in [5.41, 5.74) is 6.64. The molecular weight excluding hydrogens is 416 g/mol. The molecule has 0 spiro atoms. The Kier molecular flexibility index (Phi) is 8.54. The topological polar surface area (TPSA) is 160 Å². The highest BCUT2D eigenvalue weighted by molar-refractivity contribution is 5.98. The van der Waals surface area contributed by atoms with E-state index in [0.29, 0.717) is 5.56 Å². The van der Waals surface area contributed by atoms with Gasteiger partial charge in [-0.05, 0) is 26.0 Å². The van der Waals surface area contributed by atoms with Crippen LogP contribution in [0, 0.1) is 6.92 Å². The highest BCUT2D eigenvalue weighted by atomic mass is 16.6. The Balaban J connectivity index is 2.24. The number of primary amides is 1. The number of aliphatic hydroxyl groups excluding tert-OH is 1. The van der Waals surface area contributed by atoms with Crippen LogP contribution in [0.15, 0.2) is 48.6 Å². The average molecular weight is 444 g/mol. The zero-order chi connectivity index (χ0) is 23.8. The van der Waals surface area contributed by atoms with Crippen LogP contribution in [-0.4, -0.2) is 59.8 Å². The molecule has 10 nitrogen and oxygen atoms in total. The van der Waals surface area contributed by atoms with E-state index in [1.54, 1.807) is 24.3 Å². The van der Waals surface area contributed by atoms with Gasteiger partial charge in [-0.1, -0.05) is 29.8 Å². The Hall–Kier alpha value is -3.66. The van der Waals surface area contributed by atoms with Crippen LogP contribution in [0.5, 0.6) is 0 Å². The van der Waals surface area contributed by atoms with E-state index >= 15 is 0 Å². The van der Waals surface area contributed by atoms with E-state index in [-0.39, 0.29) is 18.5 Å². The molecule has 0 heterocycles. The molecule has 1 aliphatic carbocycles. The van der Waals surface area contributed by atoms with Crippen LogP contribution < -0.4 is 21.7 Å². The van der Waals surface area contributed by atoms with Crippen molar-refractivity contribution in [2.24, 2.45) is 5.73 Å². The Morgan fingerprint density at radius 1 is 1.25 bits per heavy atom. The minimum Gasteiger partial charge on any atom is -0.443 e. The van der Waals surface area contributed by atoms with Crippen molar-refractivity contribution in [1.29, 1.82) is 0 Å². The molecule has 0 aromatic heterocycles. The number of carbonyl (C=O) groups excluding carboxylic acids is 4. The second-order valence-electron chi connectivity index (χ2n) is 7.46. The van der Waals surface area contributed by atoms with Gasteiger partial charge >= 0.3 is 6.09 Å². The quantitative estimate of drug-likeness (QED) is 0.356. The lowest BCUT2D eigenvalue weighted by Crippen LogP contribution is -2.53. The molecule has 1 aliphatic rings. The highest BCUT2D eigenvalue weighted by Gasteiger charge is 2.37. The first-order valence-corrected chi connectivity index (χ1v) is 10.0. The molecule has 1 aromatic rings. The van der Waals surface area contributed by atoms with Crippen molar-refractivity contribution in [3.8, 4) is 0 Å². The maximum Gasteiger partial charge on any atom is 0.407 e. The molecule has 0 saturated heterocycles. The average Bonchev–Trinajstić information content (AvgIpc) is 2.75. The molecule has 0 radical (unpaired) electrons. The monoisotopic (exact) mass is 444 g/mol. The largest absolute Gasteiger partial charge is 0.443 e. The molecule has 0 unspecified atom stereocenters. The summed E-state index contributed by atoms with van der Waals surface area (Å²) < 4.78 is 5.26. The van der Waals surface area contributed by atoms with Gasteiger partial charge in [0.05, 0.1) is 6.04 Å². The second-order valence-corrected chi connectivity index (χ2v) is 7.46. The van der Waals surface area contributed by atoms with E-state index in [2.05, 4.69) is 22.5 Å². The van der Waals surface area contributed by atoms with Crippen molar-refractivity contribution in [2.45, 2.75) is 44.6 Å². The third kappa shape index (κ3) is 6.67. The highest BCUT2D eigenvalue weighted by Crippen LogP contribution is 2.23. The number of benzene rings is 1. The normalized spacial score (nSPS) is 20.8. The summed E-state index contributed by atoms with van der Waals surface area (Å²) >= 11 is 0. The zero-order valence-electron chi connectivity index (χ0n) is 18.0. The Bertz CT molecular complexity index is 912. The van der Waals surface area contributed by atoms with Gasteiger partial charge in [-0.2, -0.15) is 0 Å². The molecule has 0 saturated carbocycles. The van der Waals surface area contributed by atoms with E-state index in [4.69, 9.17) is 10.5 Å². The van der Waals surface area contributed by atoms with Gasteiger partial charge in [-0.25, -0.2) is 4.79 Å². The van der Waals surface area contributed by atoms with Gasteiger partial charge in [0.2, 0.25) is 11.8 Å². The molecule has 4 amide bonds. The van der Waals surface area contributed by atoms with Crippen LogP contribution in [0.1, 0.15) is 29.3 Å². The number of rotatable bonds is 8. The maximum atomic E-state index is 12.6. The van der Waals surface area contributed by atoms with Crippen LogP contribution in [-0.2, 0) is 14.3 Å². The minimum absolute atomic E-state index is 0.124. The predicted octanol–water partition coefficient (Wildman–Crippen LogP) is 0.0552. The zero-order valence-corrected chi connectivity index (χ0v) is 18.0. The lowest BCUT2D eigenvalue weighted by Gasteiger charge is -2.33. The summed E-state index contributed by atoms with van der Waals surface area (Å²) in [6, 6.07) is 4.82. The van der Waals surface area contributed by atoms with Gasteiger partial charge in [-0.3, -0.25) is 14.4 Å². The summed E-state index contributed by atoms with van der Waals surface area (Å²) in [5, 5.41) is 18.2. The fourth-order valence-electron chi connectivity index (χ4n) is 2.99. The second kappa shape index (κ2) is 11.1. The van der Waals surface area contributed by atoms with Crippen molar-refractivity contribution < 1.29 is 29.0 Å². The van der Waals surface area contributed by atoms with E-state index in [1.807, 2.05) is 6.92 Å². The predicted molar refractivity (Wildman–Crippen MR) is 116 cm³/mol. The van der Waals surface area contributed by atoms with Crippen molar-refractivity contribution >= 4 is 23.8 Å². The minimum atomic E-state index is -1.32. The molecule has 32 heavy (non-hydrogen) atoms. The van der Waals surface area contributed by atoms with E-state index in [9.17, 15) is 24.3 Å². The molecule has 2 rings (SSSR count). The third-order valence-electron chi connectivity index (χ3n) is 4.88. The first kappa shape index (κ1) is 24.6. The number of carbonyl (C=O) groups is 4. The lowest BCUT2D eigenvalue weighted by molar-refractivity contribution is -0.125. The van der Waals surface area contributed by atoms with E-state index in [0.717, 1.165) is 5.56 Å². The lowest BCUT2D eigenvalue weighted by atomic mass is 9.89. The summed E-state index contributed by atoms with van der Waals surface area (Å²) in [7, 11) is 0. The molecule has 0 aliphatic heterocycles. The number of aryl methyl sites for hydroxylation is 1. The van der Waals surface area contributed by atoms with Crippen molar-refractivity contribution in [1.82, 2.24) is 16.0 Å². The molecule has 4 atom stereocenters. The van der Waals surface area contributed by atoms with Crippen LogP contribution in [0.3, 0.4) is 0 Å². The molecule has 6 N–H and O–H groups in total. The summed E-state index contributed by atoms with van der Waals surface area (Å²) in [6.07, 6.45) is -0.558. The Morgan fingerprint density at radius 2 is 1.91 bits per heavy atom. The van der Waals surface area contributed by atoms with Crippen molar-refractivity contribution in [2.75, 3.05) is 6.54 Å². The number of hydrogen-bond acceptors (Lipinski definition) is 6. The summed E-state index contributed by atoms with van der Waals surface area (Å²) in [4.78, 5) is 48.5. The summed E-state index contributed by atoms with van der Waals surface area (Å²) in [6.45, 7) is 6.93. The van der Waals surface area contributed by atoms with Gasteiger partial charge < -0.3 is 31.5 Å². The van der Waals surface area contributed by atoms with Crippen LogP contribution in [0.4, 0.5) is 4.79 Å². The van der Waals surface area contributed by atoms with Gasteiger partial charge in [0.1, 0.15) is 18.2 Å². The number of aliphatic hydroxyl groups is 1. The van der Waals surface area contributed by atoms with Gasteiger partial charge in [0.25, 0.3) is 5.91 Å². The number of amides is 4. The Labute approximate surface area is 185 Å². The van der Waals surface area contributed by atoms with Crippen molar-refractivity contribution in [3.63, 3.8) is 0 Å². The van der Waals surface area contributed by atoms with Gasteiger partial charge in [-0.15, -0.1) is 6.58 Å². The number of hydrogen-bond donors (Lipinski definition) is 5. The fraction of sp³-hybridized carbons (Fsp3) is 0.364. The fourth-order valence-corrected chi connectivity index (χ4v) is 2.99. The smallest absolute Gasteiger partial charge is 0.407 e. The van der Waals surface area contributed by atoms with Crippen LogP contribution >= 0.6 is 0 Å².